The lowest BCUT2D eigenvalue weighted by Gasteiger charge is -2.04. The van der Waals surface area contributed by atoms with Crippen molar-refractivity contribution in [1.29, 1.82) is 0 Å². The number of rotatable bonds is 7. The second-order valence-corrected chi connectivity index (χ2v) is 2.78. The van der Waals surface area contributed by atoms with Crippen LogP contribution in [0.1, 0.15) is 19.8 Å². The third-order valence-corrected chi connectivity index (χ3v) is 1.66. The van der Waals surface area contributed by atoms with E-state index in [9.17, 15) is 9.59 Å². The van der Waals surface area contributed by atoms with E-state index in [1.165, 1.54) is 7.11 Å². The summed E-state index contributed by atoms with van der Waals surface area (Å²) in [6, 6.07) is 0. The molecule has 14 heavy (non-hydrogen) atoms. The monoisotopic (exact) mass is 202 g/mol. The summed E-state index contributed by atoms with van der Waals surface area (Å²) >= 11 is 0. The van der Waals surface area contributed by atoms with Gasteiger partial charge >= 0.3 is 5.97 Å². The molecule has 0 rings (SSSR count). The molecule has 0 atom stereocenters. The summed E-state index contributed by atoms with van der Waals surface area (Å²) in [4.78, 5) is 21.8. The minimum absolute atomic E-state index is 0.0464. The Bertz CT molecular complexity index is 183. The van der Waals surface area contributed by atoms with Gasteiger partial charge in [0, 0.05) is 19.5 Å². The minimum Gasteiger partial charge on any atom is -0.469 e. The standard InChI is InChI=1S/C9H18N2O3/c1-3-10-6-4-8(12)11-7-5-9(13)14-2/h10H,3-7H2,1-2H3,(H,11,12). The molecule has 82 valence electrons. The Morgan fingerprint density at radius 2 is 1.93 bits per heavy atom. The van der Waals surface area contributed by atoms with Gasteiger partial charge in [-0.1, -0.05) is 6.92 Å². The number of methoxy groups -OCH3 is 1. The van der Waals surface area contributed by atoms with Crippen LogP contribution in [0.2, 0.25) is 0 Å². The Balaban J connectivity index is 3.31. The van der Waals surface area contributed by atoms with Gasteiger partial charge in [0.05, 0.1) is 13.5 Å². The van der Waals surface area contributed by atoms with E-state index < -0.39 is 0 Å². The first-order chi connectivity index (χ1) is 6.70. The van der Waals surface area contributed by atoms with Crippen LogP contribution in [0, 0.1) is 0 Å². The fourth-order valence-electron chi connectivity index (χ4n) is 0.873. The van der Waals surface area contributed by atoms with Crippen LogP contribution in [-0.2, 0) is 14.3 Å². The van der Waals surface area contributed by atoms with E-state index in [2.05, 4.69) is 15.4 Å². The normalized spacial score (nSPS) is 9.57. The molecule has 0 heterocycles. The lowest BCUT2D eigenvalue weighted by molar-refractivity contribution is -0.140. The molecule has 0 aliphatic carbocycles. The predicted octanol–water partition coefficient (Wildman–Crippen LogP) is -0.335. The van der Waals surface area contributed by atoms with E-state index in [-0.39, 0.29) is 18.3 Å². The fraction of sp³-hybridized carbons (Fsp3) is 0.778. The van der Waals surface area contributed by atoms with Gasteiger partial charge in [0.25, 0.3) is 0 Å². The molecule has 0 aromatic carbocycles. The molecule has 0 bridgehead atoms. The average molecular weight is 202 g/mol. The van der Waals surface area contributed by atoms with Crippen LogP contribution in [0.4, 0.5) is 0 Å². The predicted molar refractivity (Wildman–Crippen MR) is 52.8 cm³/mol. The summed E-state index contributed by atoms with van der Waals surface area (Å²) in [6.45, 7) is 3.85. The molecule has 5 nitrogen and oxygen atoms in total. The molecule has 0 unspecified atom stereocenters. The number of amides is 1. The molecular weight excluding hydrogens is 184 g/mol. The molecule has 0 spiro atoms. The first kappa shape index (κ1) is 12.9. The summed E-state index contributed by atoms with van der Waals surface area (Å²) in [5, 5.41) is 5.66. The maximum atomic E-state index is 11.1. The molecule has 5 heteroatoms. The molecule has 0 aliphatic heterocycles. The third kappa shape index (κ3) is 7.54. The molecule has 0 aromatic rings. The second kappa shape index (κ2) is 8.50. The highest BCUT2D eigenvalue weighted by Crippen LogP contribution is 1.83. The van der Waals surface area contributed by atoms with Gasteiger partial charge in [-0.3, -0.25) is 9.59 Å². The number of esters is 1. The van der Waals surface area contributed by atoms with Crippen LogP contribution < -0.4 is 10.6 Å². The Hall–Kier alpha value is -1.10. The third-order valence-electron chi connectivity index (χ3n) is 1.66. The van der Waals surface area contributed by atoms with Crippen LogP contribution in [0.15, 0.2) is 0 Å². The van der Waals surface area contributed by atoms with Gasteiger partial charge in [-0.25, -0.2) is 0 Å². The van der Waals surface area contributed by atoms with E-state index in [0.717, 1.165) is 6.54 Å². The van der Waals surface area contributed by atoms with Crippen LogP contribution in [0.5, 0.6) is 0 Å². The zero-order chi connectivity index (χ0) is 10.8. The summed E-state index contributed by atoms with van der Waals surface area (Å²) in [7, 11) is 1.33. The molecule has 0 radical (unpaired) electrons. The quantitative estimate of drug-likeness (QED) is 0.438. The smallest absolute Gasteiger partial charge is 0.307 e. The molecule has 0 aliphatic rings. The van der Waals surface area contributed by atoms with Crippen molar-refractivity contribution >= 4 is 11.9 Å². The van der Waals surface area contributed by atoms with Gasteiger partial charge in [-0.2, -0.15) is 0 Å². The molecule has 1 amide bonds. The van der Waals surface area contributed by atoms with Crippen LogP contribution in [0.25, 0.3) is 0 Å². The van der Waals surface area contributed by atoms with Gasteiger partial charge in [0.2, 0.25) is 5.91 Å². The van der Waals surface area contributed by atoms with E-state index in [0.29, 0.717) is 19.5 Å². The van der Waals surface area contributed by atoms with E-state index in [1.54, 1.807) is 0 Å². The first-order valence-electron chi connectivity index (χ1n) is 4.75. The summed E-state index contributed by atoms with van der Waals surface area (Å²) in [6.07, 6.45) is 0.665. The first-order valence-corrected chi connectivity index (χ1v) is 4.75. The lowest BCUT2D eigenvalue weighted by atomic mass is 10.3. The van der Waals surface area contributed by atoms with Crippen LogP contribution in [0.3, 0.4) is 0 Å². The van der Waals surface area contributed by atoms with Crippen molar-refractivity contribution in [2.75, 3.05) is 26.7 Å². The Labute approximate surface area is 84.2 Å². The number of hydrogen-bond acceptors (Lipinski definition) is 4. The Morgan fingerprint density at radius 3 is 2.50 bits per heavy atom. The van der Waals surface area contributed by atoms with E-state index >= 15 is 0 Å². The van der Waals surface area contributed by atoms with E-state index in [1.807, 2.05) is 6.92 Å². The van der Waals surface area contributed by atoms with Crippen molar-refractivity contribution in [2.24, 2.45) is 0 Å². The Kier molecular flexibility index (Phi) is 7.83. The topological polar surface area (TPSA) is 67.4 Å². The van der Waals surface area contributed by atoms with Crippen LogP contribution >= 0.6 is 0 Å². The number of carbonyl (C=O) groups is 2. The highest BCUT2D eigenvalue weighted by Gasteiger charge is 2.02. The summed E-state index contributed by atoms with van der Waals surface area (Å²) < 4.78 is 4.43. The van der Waals surface area contributed by atoms with Gasteiger partial charge in [0.15, 0.2) is 0 Å². The van der Waals surface area contributed by atoms with Crippen molar-refractivity contribution in [2.45, 2.75) is 19.8 Å². The zero-order valence-corrected chi connectivity index (χ0v) is 8.76. The molecule has 0 saturated carbocycles. The van der Waals surface area contributed by atoms with Crippen LogP contribution in [-0.4, -0.2) is 38.6 Å². The Morgan fingerprint density at radius 1 is 1.21 bits per heavy atom. The number of ether oxygens (including phenoxy) is 1. The van der Waals surface area contributed by atoms with Gasteiger partial charge < -0.3 is 15.4 Å². The second-order valence-electron chi connectivity index (χ2n) is 2.78. The highest BCUT2D eigenvalue weighted by atomic mass is 16.5. The molecule has 0 fully saturated rings. The summed E-state index contributed by atoms with van der Waals surface area (Å²) in [5.41, 5.74) is 0. The largest absolute Gasteiger partial charge is 0.469 e. The van der Waals surface area contributed by atoms with Gasteiger partial charge in [0.1, 0.15) is 0 Å². The fourth-order valence-corrected chi connectivity index (χ4v) is 0.873. The molecular formula is C9H18N2O3. The lowest BCUT2D eigenvalue weighted by Crippen LogP contribution is -2.29. The van der Waals surface area contributed by atoms with Gasteiger partial charge in [-0.05, 0) is 6.54 Å². The zero-order valence-electron chi connectivity index (χ0n) is 8.76. The number of hydrogen-bond donors (Lipinski definition) is 2. The van der Waals surface area contributed by atoms with Gasteiger partial charge in [-0.15, -0.1) is 0 Å². The maximum Gasteiger partial charge on any atom is 0.307 e. The van der Waals surface area contributed by atoms with Crippen molar-refractivity contribution in [1.82, 2.24) is 10.6 Å². The number of carbonyl (C=O) groups excluding carboxylic acids is 2. The summed E-state index contributed by atoms with van der Waals surface area (Å²) in [5.74, 6) is -0.355. The molecule has 0 aromatic heterocycles. The van der Waals surface area contributed by atoms with Crippen molar-refractivity contribution in [3.63, 3.8) is 0 Å². The molecule has 2 N–H and O–H groups in total. The SMILES string of the molecule is CCNCCC(=O)NCCC(=O)OC. The van der Waals surface area contributed by atoms with Crippen molar-refractivity contribution in [3.8, 4) is 0 Å². The number of nitrogens with one attached hydrogen (secondary N) is 2. The highest BCUT2D eigenvalue weighted by molar-refractivity contribution is 5.77. The minimum atomic E-state index is -0.308. The molecule has 0 saturated heterocycles. The van der Waals surface area contributed by atoms with Crippen molar-refractivity contribution < 1.29 is 14.3 Å². The van der Waals surface area contributed by atoms with E-state index in [4.69, 9.17) is 0 Å². The average Bonchev–Trinajstić information content (AvgIpc) is 2.18. The maximum absolute atomic E-state index is 11.1. The van der Waals surface area contributed by atoms with Crippen molar-refractivity contribution in [3.05, 3.63) is 0 Å².